The zero-order valence-corrected chi connectivity index (χ0v) is 12.5. The first-order valence-electron chi connectivity index (χ1n) is 6.16. The summed E-state index contributed by atoms with van der Waals surface area (Å²) in [5, 5.41) is 8.23. The molecule has 0 saturated carbocycles. The molecule has 0 heterocycles. The van der Waals surface area contributed by atoms with Gasteiger partial charge in [0, 0.05) is 6.92 Å². The predicted octanol–water partition coefficient (Wildman–Crippen LogP) is 1.57. The molecule has 0 aromatic heterocycles. The number of carbonyl (C=O) groups excluding carboxylic acids is 2. The number of ether oxygens (including phenoxy) is 1. The third kappa shape index (κ3) is 9.18. The molecular weight excluding hydrogens is 250 g/mol. The van der Waals surface area contributed by atoms with E-state index in [0.29, 0.717) is 6.42 Å². The average molecular weight is 275 g/mol. The molecule has 0 spiro atoms. The van der Waals surface area contributed by atoms with E-state index < -0.39 is 29.4 Å². The summed E-state index contributed by atoms with van der Waals surface area (Å²) in [7, 11) is 0. The molecule has 0 aromatic rings. The van der Waals surface area contributed by atoms with Crippen LogP contribution in [0, 0.1) is 11.3 Å². The van der Waals surface area contributed by atoms with Crippen molar-refractivity contribution in [1.29, 1.82) is 0 Å². The van der Waals surface area contributed by atoms with Crippen molar-refractivity contribution in [3.8, 4) is 0 Å². The lowest BCUT2D eigenvalue weighted by molar-refractivity contribution is -0.165. The second-order valence-electron chi connectivity index (χ2n) is 5.23. The Morgan fingerprint density at radius 1 is 1.26 bits per heavy atom. The molecule has 3 N–H and O–H groups in total. The van der Waals surface area contributed by atoms with Gasteiger partial charge in [-0.2, -0.15) is 0 Å². The third-order valence-corrected chi connectivity index (χ3v) is 2.68. The van der Waals surface area contributed by atoms with Crippen LogP contribution in [-0.4, -0.2) is 29.1 Å². The molecular formula is C13H25NO5. The maximum absolute atomic E-state index is 11.1. The summed E-state index contributed by atoms with van der Waals surface area (Å²) < 4.78 is 4.43. The minimum atomic E-state index is -0.931. The normalized spacial score (nSPS) is 12.2. The highest BCUT2D eigenvalue weighted by molar-refractivity contribution is 5.87. The number of carboxylic acid groups (broad SMARTS) is 1. The first-order chi connectivity index (χ1) is 8.45. The van der Waals surface area contributed by atoms with Crippen LogP contribution in [0.25, 0.3) is 0 Å². The minimum absolute atomic E-state index is 0.0208. The summed E-state index contributed by atoms with van der Waals surface area (Å²) in [6, 6.07) is -0.713. The zero-order valence-electron chi connectivity index (χ0n) is 12.5. The molecule has 0 amide bonds. The van der Waals surface area contributed by atoms with Crippen molar-refractivity contribution >= 4 is 17.9 Å². The zero-order chi connectivity index (χ0) is 15.8. The molecule has 0 aliphatic carbocycles. The van der Waals surface area contributed by atoms with Gasteiger partial charge in [0.15, 0.2) is 0 Å². The number of carboxylic acids is 1. The molecule has 0 rings (SSSR count). The number of carbonyl (C=O) groups is 3. The van der Waals surface area contributed by atoms with Crippen LogP contribution in [0.15, 0.2) is 0 Å². The summed E-state index contributed by atoms with van der Waals surface area (Å²) in [4.78, 5) is 31.5. The van der Waals surface area contributed by atoms with Gasteiger partial charge < -0.3 is 15.6 Å². The van der Waals surface area contributed by atoms with Crippen molar-refractivity contribution in [3.63, 3.8) is 0 Å². The van der Waals surface area contributed by atoms with Gasteiger partial charge in [-0.25, -0.2) is 0 Å². The summed E-state index contributed by atoms with van der Waals surface area (Å²) in [5.74, 6) is -1.91. The van der Waals surface area contributed by atoms with E-state index in [9.17, 15) is 14.4 Å². The van der Waals surface area contributed by atoms with E-state index in [1.807, 2.05) is 6.92 Å². The van der Waals surface area contributed by atoms with E-state index in [2.05, 4.69) is 4.74 Å². The molecule has 6 heteroatoms. The highest BCUT2D eigenvalue weighted by Gasteiger charge is 2.28. The van der Waals surface area contributed by atoms with E-state index in [-0.39, 0.29) is 5.92 Å². The number of aliphatic carboxylic acids is 1. The lowest BCUT2D eigenvalue weighted by atomic mass is 9.91. The third-order valence-electron chi connectivity index (χ3n) is 2.68. The smallest absolute Gasteiger partial charge is 0.320 e. The van der Waals surface area contributed by atoms with E-state index in [1.165, 1.54) is 6.92 Å². The Morgan fingerprint density at radius 3 is 1.84 bits per heavy atom. The van der Waals surface area contributed by atoms with Gasteiger partial charge in [-0.3, -0.25) is 14.4 Å². The molecule has 0 aromatic carbocycles. The highest BCUT2D eigenvalue weighted by Crippen LogP contribution is 2.21. The van der Waals surface area contributed by atoms with E-state index >= 15 is 0 Å². The van der Waals surface area contributed by atoms with Crippen LogP contribution >= 0.6 is 0 Å². The largest absolute Gasteiger partial charge is 0.480 e. The molecule has 1 atom stereocenters. The van der Waals surface area contributed by atoms with Gasteiger partial charge in [-0.05, 0) is 26.2 Å². The van der Waals surface area contributed by atoms with Gasteiger partial charge >= 0.3 is 17.9 Å². The lowest BCUT2D eigenvalue weighted by Crippen LogP contribution is -2.34. The molecule has 6 nitrogen and oxygen atoms in total. The van der Waals surface area contributed by atoms with Crippen molar-refractivity contribution in [2.45, 2.75) is 54.0 Å². The monoisotopic (exact) mass is 275 g/mol. The molecule has 19 heavy (non-hydrogen) atoms. The number of nitrogens with two attached hydrogens (primary N) is 1. The maximum atomic E-state index is 11.1. The van der Waals surface area contributed by atoms with Crippen LogP contribution in [0.1, 0.15) is 48.0 Å². The van der Waals surface area contributed by atoms with Gasteiger partial charge in [-0.1, -0.05) is 20.8 Å². The van der Waals surface area contributed by atoms with Gasteiger partial charge in [-0.15, -0.1) is 0 Å². The van der Waals surface area contributed by atoms with Crippen LogP contribution < -0.4 is 5.73 Å². The molecule has 112 valence electrons. The Morgan fingerprint density at radius 2 is 1.68 bits per heavy atom. The van der Waals surface area contributed by atoms with Crippen LogP contribution in [0.4, 0.5) is 0 Å². The Balaban J connectivity index is 0. The number of esters is 2. The van der Waals surface area contributed by atoms with E-state index in [1.54, 1.807) is 27.7 Å². The molecule has 0 unspecified atom stereocenters. The van der Waals surface area contributed by atoms with Crippen molar-refractivity contribution in [2.75, 3.05) is 0 Å². The molecule has 0 aliphatic heterocycles. The first-order valence-corrected chi connectivity index (χ1v) is 6.16. The lowest BCUT2D eigenvalue weighted by Gasteiger charge is -2.18. The van der Waals surface area contributed by atoms with Gasteiger partial charge in [0.2, 0.25) is 0 Å². The van der Waals surface area contributed by atoms with Crippen LogP contribution in [-0.2, 0) is 19.1 Å². The summed E-state index contributed by atoms with van der Waals surface area (Å²) >= 11 is 0. The quantitative estimate of drug-likeness (QED) is 0.595. The van der Waals surface area contributed by atoms with Crippen molar-refractivity contribution < 1.29 is 24.2 Å². The van der Waals surface area contributed by atoms with E-state index in [4.69, 9.17) is 10.8 Å². The van der Waals surface area contributed by atoms with Crippen molar-refractivity contribution in [1.82, 2.24) is 0 Å². The fourth-order valence-electron chi connectivity index (χ4n) is 0.698. The number of hydrogen-bond acceptors (Lipinski definition) is 5. The number of hydrogen-bond donors (Lipinski definition) is 2. The topological polar surface area (TPSA) is 107 Å². The predicted molar refractivity (Wildman–Crippen MR) is 71.3 cm³/mol. The van der Waals surface area contributed by atoms with Gasteiger partial charge in [0.1, 0.15) is 6.04 Å². The second kappa shape index (κ2) is 8.63. The van der Waals surface area contributed by atoms with Crippen LogP contribution in [0.5, 0.6) is 0 Å². The fraction of sp³-hybridized carbons (Fsp3) is 0.769. The summed E-state index contributed by atoms with van der Waals surface area (Å²) in [5.41, 5.74) is 4.61. The average Bonchev–Trinajstić information content (AvgIpc) is 2.27. The Bertz CT molecular complexity index is 323. The van der Waals surface area contributed by atoms with Crippen LogP contribution in [0.2, 0.25) is 0 Å². The SMILES string of the molecule is CC(C)[C@H](N)C(=O)O.CCC(C)(C)C(=O)OC(C)=O. The Hall–Kier alpha value is -1.43. The van der Waals surface area contributed by atoms with E-state index in [0.717, 1.165) is 0 Å². The Labute approximate surface area is 114 Å². The minimum Gasteiger partial charge on any atom is -0.480 e. The second-order valence-corrected chi connectivity index (χ2v) is 5.23. The molecule has 0 radical (unpaired) electrons. The van der Waals surface area contributed by atoms with Crippen LogP contribution in [0.3, 0.4) is 0 Å². The van der Waals surface area contributed by atoms with Crippen molar-refractivity contribution in [2.24, 2.45) is 17.1 Å². The van der Waals surface area contributed by atoms with Crippen molar-refractivity contribution in [3.05, 3.63) is 0 Å². The molecule has 0 bridgehead atoms. The van der Waals surface area contributed by atoms with Gasteiger partial charge in [0.05, 0.1) is 5.41 Å². The first kappa shape index (κ1) is 19.9. The number of rotatable bonds is 4. The molecule has 0 fully saturated rings. The molecule has 0 saturated heterocycles. The standard InChI is InChI=1S/C8H14O3.C5H11NO2/c1-5-8(3,4)7(10)11-6(2)9;1-3(2)4(6)5(7)8/h5H2,1-4H3;3-4H,6H2,1-2H3,(H,7,8)/t;4-/m.0/s1. The Kier molecular flexibility index (Phi) is 9.04. The summed E-state index contributed by atoms with van der Waals surface area (Å²) in [6.07, 6.45) is 0.666. The highest BCUT2D eigenvalue weighted by atomic mass is 16.6. The van der Waals surface area contributed by atoms with Gasteiger partial charge in [0.25, 0.3) is 0 Å². The molecule has 0 aliphatic rings. The fourth-order valence-corrected chi connectivity index (χ4v) is 0.698. The summed E-state index contributed by atoms with van der Waals surface area (Å²) in [6.45, 7) is 10.2. The maximum Gasteiger partial charge on any atom is 0.320 e.